The Bertz CT molecular complexity index is 560. The smallest absolute Gasteiger partial charge is 0.282 e. The third-order valence-electron chi connectivity index (χ3n) is 4.43. The Kier molecular flexibility index (Phi) is 6.06. The van der Waals surface area contributed by atoms with E-state index in [1.165, 1.54) is 0 Å². The fourth-order valence-electron chi connectivity index (χ4n) is 3.03. The first-order valence-corrected chi connectivity index (χ1v) is 9.84. The average Bonchev–Trinajstić information content (AvgIpc) is 2.96. The van der Waals surface area contributed by atoms with Gasteiger partial charge in [-0.15, -0.1) is 0 Å². The molecule has 0 bridgehead atoms. The second-order valence-corrected chi connectivity index (χ2v) is 7.91. The van der Waals surface area contributed by atoms with Gasteiger partial charge in [0.05, 0.1) is 6.04 Å². The summed E-state index contributed by atoms with van der Waals surface area (Å²) in [5, 5.41) is 0. The molecule has 0 fully saturated rings. The number of hydrogen-bond acceptors (Lipinski definition) is 2. The number of rotatable bonds is 8. The van der Waals surface area contributed by atoms with E-state index in [2.05, 4.69) is 18.4 Å². The standard InChI is InChI=1S/C16H29N3O2S/c1-4-6-11-18(12-7-5-2)22(20,21)19-14-13-17-10-8-9-16(17)15(19)3/h8-10,15H,4-7,11-14H2,1-3H3. The van der Waals surface area contributed by atoms with E-state index in [1.807, 2.05) is 25.3 Å². The van der Waals surface area contributed by atoms with Gasteiger partial charge in [-0.05, 0) is 31.9 Å². The summed E-state index contributed by atoms with van der Waals surface area (Å²) in [6, 6.07) is 3.92. The lowest BCUT2D eigenvalue weighted by molar-refractivity contribution is 0.252. The van der Waals surface area contributed by atoms with E-state index in [0.717, 1.165) is 37.9 Å². The molecule has 1 aliphatic rings. The van der Waals surface area contributed by atoms with Crippen molar-refractivity contribution in [2.24, 2.45) is 0 Å². The Labute approximate surface area is 135 Å². The molecule has 0 saturated carbocycles. The molecule has 2 heterocycles. The van der Waals surface area contributed by atoms with Crippen LogP contribution in [0.25, 0.3) is 0 Å². The highest BCUT2D eigenvalue weighted by molar-refractivity contribution is 7.86. The number of unbranched alkanes of at least 4 members (excludes halogenated alkanes) is 2. The van der Waals surface area contributed by atoms with Crippen molar-refractivity contribution >= 4 is 10.2 Å². The molecule has 0 amide bonds. The van der Waals surface area contributed by atoms with Crippen LogP contribution >= 0.6 is 0 Å². The number of fused-ring (bicyclic) bond motifs is 1. The maximum absolute atomic E-state index is 13.1. The fraction of sp³-hybridized carbons (Fsp3) is 0.750. The van der Waals surface area contributed by atoms with Gasteiger partial charge >= 0.3 is 0 Å². The minimum absolute atomic E-state index is 0.0977. The summed E-state index contributed by atoms with van der Waals surface area (Å²) in [6.07, 6.45) is 5.89. The lowest BCUT2D eigenvalue weighted by atomic mass is 10.2. The summed E-state index contributed by atoms with van der Waals surface area (Å²) in [4.78, 5) is 0. The van der Waals surface area contributed by atoms with Crippen molar-refractivity contribution in [1.29, 1.82) is 0 Å². The molecule has 0 N–H and O–H groups in total. The molecule has 1 unspecified atom stereocenters. The van der Waals surface area contributed by atoms with Gasteiger partial charge in [-0.1, -0.05) is 26.7 Å². The van der Waals surface area contributed by atoms with Crippen LogP contribution in [0.15, 0.2) is 18.3 Å². The van der Waals surface area contributed by atoms with Gasteiger partial charge in [0.2, 0.25) is 0 Å². The molecule has 0 aromatic carbocycles. The van der Waals surface area contributed by atoms with Crippen LogP contribution in [0.1, 0.15) is 58.2 Å². The van der Waals surface area contributed by atoms with Gasteiger partial charge in [-0.25, -0.2) is 0 Å². The highest BCUT2D eigenvalue weighted by Gasteiger charge is 2.36. The van der Waals surface area contributed by atoms with Crippen molar-refractivity contribution in [2.75, 3.05) is 19.6 Å². The van der Waals surface area contributed by atoms with Crippen molar-refractivity contribution in [3.05, 3.63) is 24.0 Å². The van der Waals surface area contributed by atoms with E-state index in [4.69, 9.17) is 0 Å². The summed E-state index contributed by atoms with van der Waals surface area (Å²) in [6.45, 7) is 8.73. The second-order valence-electron chi connectivity index (χ2n) is 6.03. The quantitative estimate of drug-likeness (QED) is 0.737. The van der Waals surface area contributed by atoms with Crippen LogP contribution < -0.4 is 0 Å². The predicted molar refractivity (Wildman–Crippen MR) is 89.9 cm³/mol. The minimum atomic E-state index is -3.39. The van der Waals surface area contributed by atoms with E-state index in [0.29, 0.717) is 19.6 Å². The van der Waals surface area contributed by atoms with Gasteiger partial charge in [0, 0.05) is 38.1 Å². The van der Waals surface area contributed by atoms with Gasteiger partial charge in [0.25, 0.3) is 10.2 Å². The van der Waals surface area contributed by atoms with E-state index in [1.54, 1.807) is 8.61 Å². The zero-order chi connectivity index (χ0) is 16.2. The monoisotopic (exact) mass is 327 g/mol. The van der Waals surface area contributed by atoms with E-state index < -0.39 is 10.2 Å². The molecule has 0 saturated heterocycles. The molecule has 0 spiro atoms. The molecular formula is C16H29N3O2S. The highest BCUT2D eigenvalue weighted by Crippen LogP contribution is 2.29. The Morgan fingerprint density at radius 2 is 1.82 bits per heavy atom. The van der Waals surface area contributed by atoms with Crippen molar-refractivity contribution in [1.82, 2.24) is 13.2 Å². The molecule has 1 aromatic rings. The second kappa shape index (κ2) is 7.62. The van der Waals surface area contributed by atoms with Crippen LogP contribution in [0.2, 0.25) is 0 Å². The first-order valence-electron chi connectivity index (χ1n) is 8.44. The first-order chi connectivity index (χ1) is 10.5. The van der Waals surface area contributed by atoms with Crippen molar-refractivity contribution in [3.8, 4) is 0 Å². The zero-order valence-electron chi connectivity index (χ0n) is 14.0. The largest absolute Gasteiger partial charge is 0.349 e. The molecule has 5 nitrogen and oxygen atoms in total. The Morgan fingerprint density at radius 3 is 2.41 bits per heavy atom. The van der Waals surface area contributed by atoms with E-state index >= 15 is 0 Å². The number of hydrogen-bond donors (Lipinski definition) is 0. The molecule has 22 heavy (non-hydrogen) atoms. The lowest BCUT2D eigenvalue weighted by Crippen LogP contribution is -2.48. The Morgan fingerprint density at radius 1 is 1.18 bits per heavy atom. The summed E-state index contributed by atoms with van der Waals surface area (Å²) in [5.74, 6) is 0. The van der Waals surface area contributed by atoms with Crippen LogP contribution in [0.3, 0.4) is 0 Å². The topological polar surface area (TPSA) is 45.6 Å². The SMILES string of the molecule is CCCCN(CCCC)S(=O)(=O)N1CCn2cccc2C1C. The van der Waals surface area contributed by atoms with Crippen LogP contribution in [0, 0.1) is 0 Å². The summed E-state index contributed by atoms with van der Waals surface area (Å²) in [5.41, 5.74) is 1.08. The molecule has 126 valence electrons. The molecule has 6 heteroatoms. The van der Waals surface area contributed by atoms with Gasteiger partial charge in [-0.3, -0.25) is 0 Å². The average molecular weight is 327 g/mol. The van der Waals surface area contributed by atoms with Crippen LogP contribution in [0.5, 0.6) is 0 Å². The van der Waals surface area contributed by atoms with Crippen molar-refractivity contribution in [3.63, 3.8) is 0 Å². The molecule has 0 aliphatic carbocycles. The maximum Gasteiger partial charge on any atom is 0.282 e. The van der Waals surface area contributed by atoms with E-state index in [-0.39, 0.29) is 6.04 Å². The van der Waals surface area contributed by atoms with Crippen LogP contribution in [-0.2, 0) is 16.8 Å². The number of aromatic nitrogens is 1. The van der Waals surface area contributed by atoms with Crippen molar-refractivity contribution in [2.45, 2.75) is 59.0 Å². The lowest BCUT2D eigenvalue weighted by Gasteiger charge is -2.37. The highest BCUT2D eigenvalue weighted by atomic mass is 32.2. The molecule has 0 radical (unpaired) electrons. The zero-order valence-corrected chi connectivity index (χ0v) is 14.8. The van der Waals surface area contributed by atoms with Gasteiger partial charge < -0.3 is 4.57 Å². The minimum Gasteiger partial charge on any atom is -0.349 e. The molecule has 2 rings (SSSR count). The van der Waals surface area contributed by atoms with Crippen molar-refractivity contribution < 1.29 is 8.42 Å². The van der Waals surface area contributed by atoms with Crippen LogP contribution in [0.4, 0.5) is 0 Å². The first kappa shape index (κ1) is 17.5. The van der Waals surface area contributed by atoms with Crippen LogP contribution in [-0.4, -0.2) is 41.2 Å². The number of nitrogens with zero attached hydrogens (tertiary/aromatic N) is 3. The molecule has 1 aromatic heterocycles. The fourth-order valence-corrected chi connectivity index (χ4v) is 4.87. The molecule has 1 aliphatic heterocycles. The summed E-state index contributed by atoms with van der Waals surface area (Å²) < 4.78 is 31.7. The van der Waals surface area contributed by atoms with E-state index in [9.17, 15) is 8.42 Å². The maximum atomic E-state index is 13.1. The van der Waals surface area contributed by atoms with Gasteiger partial charge in [-0.2, -0.15) is 17.0 Å². The van der Waals surface area contributed by atoms with Gasteiger partial charge in [0.15, 0.2) is 0 Å². The van der Waals surface area contributed by atoms with Gasteiger partial charge in [0.1, 0.15) is 0 Å². The summed E-state index contributed by atoms with van der Waals surface area (Å²) >= 11 is 0. The third-order valence-corrected chi connectivity index (χ3v) is 6.54. The summed E-state index contributed by atoms with van der Waals surface area (Å²) in [7, 11) is -3.39. The molecule has 1 atom stereocenters. The normalized spacial score (nSPS) is 19.5. The Balaban J connectivity index is 2.19. The molecular weight excluding hydrogens is 298 g/mol. The third kappa shape index (κ3) is 3.55. The predicted octanol–water partition coefficient (Wildman–Crippen LogP) is 3.01. The Hall–Kier alpha value is -0.850.